The van der Waals surface area contributed by atoms with Crippen LogP contribution in [0.2, 0.25) is 0 Å². The summed E-state index contributed by atoms with van der Waals surface area (Å²) in [6.45, 7) is 2.88. The van der Waals surface area contributed by atoms with Gasteiger partial charge in [-0.2, -0.15) is 0 Å². The molecule has 2 aromatic rings. The largest absolute Gasteiger partial charge is 0.493 e. The van der Waals surface area contributed by atoms with Gasteiger partial charge in [0.1, 0.15) is 0 Å². The molecule has 0 aliphatic carbocycles. The second-order valence-corrected chi connectivity index (χ2v) is 5.73. The predicted molar refractivity (Wildman–Crippen MR) is 94.2 cm³/mol. The molecule has 1 heterocycles. The van der Waals surface area contributed by atoms with Gasteiger partial charge in [0.05, 0.1) is 33.3 Å². The number of H-pyrrole nitrogens is 1. The molecule has 0 fully saturated rings. The second kappa shape index (κ2) is 7.95. The molecule has 6 nitrogen and oxygen atoms in total. The van der Waals surface area contributed by atoms with E-state index in [0.29, 0.717) is 23.7 Å². The van der Waals surface area contributed by atoms with Gasteiger partial charge in [0.2, 0.25) is 11.7 Å². The van der Waals surface area contributed by atoms with Crippen LogP contribution in [0.25, 0.3) is 10.9 Å². The number of likely N-dealkylation sites (N-methyl/N-ethyl adjacent to an activating group) is 1. The molecule has 2 rings (SSSR count). The van der Waals surface area contributed by atoms with Gasteiger partial charge >= 0.3 is 0 Å². The molecular formula is C18H26N2O4. The minimum absolute atomic E-state index is 0.0844. The lowest BCUT2D eigenvalue weighted by molar-refractivity contribution is -0.129. The fourth-order valence-electron chi connectivity index (χ4n) is 2.78. The van der Waals surface area contributed by atoms with E-state index < -0.39 is 0 Å². The molecule has 0 radical (unpaired) electrons. The van der Waals surface area contributed by atoms with Gasteiger partial charge in [-0.15, -0.1) is 0 Å². The van der Waals surface area contributed by atoms with Crippen molar-refractivity contribution in [3.8, 4) is 17.2 Å². The van der Waals surface area contributed by atoms with E-state index in [-0.39, 0.29) is 5.91 Å². The molecule has 0 bridgehead atoms. The number of rotatable bonds is 8. The Bertz CT molecular complexity index is 709. The molecular weight excluding hydrogens is 308 g/mol. The van der Waals surface area contributed by atoms with E-state index in [0.717, 1.165) is 35.9 Å². The van der Waals surface area contributed by atoms with Crippen LogP contribution in [0, 0.1) is 0 Å². The first-order valence-corrected chi connectivity index (χ1v) is 8.10. The van der Waals surface area contributed by atoms with E-state index in [4.69, 9.17) is 14.2 Å². The summed E-state index contributed by atoms with van der Waals surface area (Å²) in [5.74, 6) is 1.77. The van der Waals surface area contributed by atoms with Crippen molar-refractivity contribution in [1.82, 2.24) is 9.88 Å². The Morgan fingerprint density at radius 2 is 1.88 bits per heavy atom. The summed E-state index contributed by atoms with van der Waals surface area (Å²) < 4.78 is 16.3. The summed E-state index contributed by atoms with van der Waals surface area (Å²) in [6, 6.07) is 1.85. The number of unbranched alkanes of at least 4 members (excludes halogenated alkanes) is 1. The van der Waals surface area contributed by atoms with E-state index in [1.807, 2.05) is 19.3 Å². The Balaban J connectivity index is 2.40. The molecule has 0 spiro atoms. The Labute approximate surface area is 142 Å². The van der Waals surface area contributed by atoms with Gasteiger partial charge in [-0.3, -0.25) is 4.79 Å². The standard InChI is InChI=1S/C18H26N2O4/c1-6-7-8-20(2)15(21)9-12-11-19-13-10-14(22-3)17(23-4)18(24-5)16(12)13/h10-11,19H,6-9H2,1-5H3. The molecule has 132 valence electrons. The molecule has 0 unspecified atom stereocenters. The van der Waals surface area contributed by atoms with Crippen molar-refractivity contribution < 1.29 is 19.0 Å². The summed E-state index contributed by atoms with van der Waals surface area (Å²) in [5, 5.41) is 0.854. The lowest BCUT2D eigenvalue weighted by Crippen LogP contribution is -2.29. The first kappa shape index (κ1) is 18.0. The lowest BCUT2D eigenvalue weighted by Gasteiger charge is -2.17. The lowest BCUT2D eigenvalue weighted by atomic mass is 10.1. The van der Waals surface area contributed by atoms with Crippen molar-refractivity contribution in [2.24, 2.45) is 0 Å². The molecule has 1 N–H and O–H groups in total. The first-order chi connectivity index (χ1) is 11.6. The van der Waals surface area contributed by atoms with E-state index in [2.05, 4.69) is 11.9 Å². The third kappa shape index (κ3) is 3.42. The van der Waals surface area contributed by atoms with Crippen LogP contribution in [0.1, 0.15) is 25.3 Å². The van der Waals surface area contributed by atoms with E-state index in [1.165, 1.54) is 0 Å². The highest BCUT2D eigenvalue weighted by atomic mass is 16.5. The molecule has 1 aromatic heterocycles. The third-order valence-electron chi connectivity index (χ3n) is 4.17. The van der Waals surface area contributed by atoms with Crippen LogP contribution in [-0.4, -0.2) is 50.7 Å². The van der Waals surface area contributed by atoms with E-state index in [9.17, 15) is 4.79 Å². The predicted octanol–water partition coefficient (Wildman–Crippen LogP) is 2.99. The number of ether oxygens (including phenoxy) is 3. The number of hydrogen-bond acceptors (Lipinski definition) is 4. The van der Waals surface area contributed by atoms with Gasteiger partial charge in [-0.05, 0) is 12.0 Å². The van der Waals surface area contributed by atoms with Crippen LogP contribution in [0.3, 0.4) is 0 Å². The highest BCUT2D eigenvalue weighted by molar-refractivity contribution is 5.96. The maximum atomic E-state index is 12.5. The Kier molecular flexibility index (Phi) is 5.95. The number of fused-ring (bicyclic) bond motifs is 1. The van der Waals surface area contributed by atoms with Crippen LogP contribution in [0.5, 0.6) is 17.2 Å². The SMILES string of the molecule is CCCCN(C)C(=O)Cc1c[nH]c2cc(OC)c(OC)c(OC)c12. The third-order valence-corrected chi connectivity index (χ3v) is 4.17. The van der Waals surface area contributed by atoms with E-state index in [1.54, 1.807) is 26.2 Å². The van der Waals surface area contributed by atoms with Gasteiger partial charge in [-0.1, -0.05) is 13.3 Å². The zero-order valence-corrected chi connectivity index (χ0v) is 15.1. The molecule has 1 amide bonds. The number of aromatic amines is 1. The van der Waals surface area contributed by atoms with Crippen LogP contribution in [0.4, 0.5) is 0 Å². The number of aromatic nitrogens is 1. The number of nitrogens with zero attached hydrogens (tertiary/aromatic N) is 1. The molecule has 0 saturated heterocycles. The molecule has 0 atom stereocenters. The zero-order valence-electron chi connectivity index (χ0n) is 15.1. The average molecular weight is 334 g/mol. The van der Waals surface area contributed by atoms with Crippen molar-refractivity contribution in [2.45, 2.75) is 26.2 Å². The van der Waals surface area contributed by atoms with Gasteiger partial charge in [0.15, 0.2) is 11.5 Å². The van der Waals surface area contributed by atoms with Crippen molar-refractivity contribution >= 4 is 16.8 Å². The number of carbonyl (C=O) groups excluding carboxylic acids is 1. The minimum atomic E-state index is 0.0844. The molecule has 0 saturated carbocycles. The van der Waals surface area contributed by atoms with Crippen LogP contribution in [-0.2, 0) is 11.2 Å². The van der Waals surface area contributed by atoms with Crippen molar-refractivity contribution in [2.75, 3.05) is 34.9 Å². The monoisotopic (exact) mass is 334 g/mol. The molecule has 0 aliphatic rings. The Hall–Kier alpha value is -2.37. The van der Waals surface area contributed by atoms with E-state index >= 15 is 0 Å². The minimum Gasteiger partial charge on any atom is -0.493 e. The number of hydrogen-bond donors (Lipinski definition) is 1. The molecule has 6 heteroatoms. The quantitative estimate of drug-likeness (QED) is 0.806. The normalized spacial score (nSPS) is 10.7. The smallest absolute Gasteiger partial charge is 0.226 e. The van der Waals surface area contributed by atoms with Crippen LogP contribution < -0.4 is 14.2 Å². The Morgan fingerprint density at radius 3 is 2.46 bits per heavy atom. The molecule has 1 aromatic carbocycles. The number of benzene rings is 1. The summed E-state index contributed by atoms with van der Waals surface area (Å²) in [5.41, 5.74) is 1.74. The van der Waals surface area contributed by atoms with Gasteiger partial charge in [0, 0.05) is 31.2 Å². The van der Waals surface area contributed by atoms with Gasteiger partial charge in [-0.25, -0.2) is 0 Å². The Morgan fingerprint density at radius 1 is 1.17 bits per heavy atom. The van der Waals surface area contributed by atoms with Crippen LogP contribution >= 0.6 is 0 Å². The number of methoxy groups -OCH3 is 3. The summed E-state index contributed by atoms with van der Waals surface area (Å²) in [7, 11) is 6.58. The fraction of sp³-hybridized carbons (Fsp3) is 0.500. The number of carbonyl (C=O) groups is 1. The highest BCUT2D eigenvalue weighted by Crippen LogP contribution is 2.44. The van der Waals surface area contributed by atoms with Crippen LogP contribution in [0.15, 0.2) is 12.3 Å². The van der Waals surface area contributed by atoms with Gasteiger partial charge < -0.3 is 24.1 Å². The van der Waals surface area contributed by atoms with Crippen molar-refractivity contribution in [1.29, 1.82) is 0 Å². The maximum absolute atomic E-state index is 12.5. The van der Waals surface area contributed by atoms with Gasteiger partial charge in [0.25, 0.3) is 0 Å². The first-order valence-electron chi connectivity index (χ1n) is 8.10. The second-order valence-electron chi connectivity index (χ2n) is 5.73. The molecule has 24 heavy (non-hydrogen) atoms. The zero-order chi connectivity index (χ0) is 17.7. The summed E-state index contributed by atoms with van der Waals surface area (Å²) in [4.78, 5) is 17.4. The fourth-order valence-corrected chi connectivity index (χ4v) is 2.78. The topological polar surface area (TPSA) is 63.8 Å². The highest BCUT2D eigenvalue weighted by Gasteiger charge is 2.21. The summed E-state index contributed by atoms with van der Waals surface area (Å²) in [6.07, 6.45) is 4.23. The van der Waals surface area contributed by atoms with Crippen molar-refractivity contribution in [3.63, 3.8) is 0 Å². The maximum Gasteiger partial charge on any atom is 0.226 e. The number of nitrogens with one attached hydrogen (secondary N) is 1. The average Bonchev–Trinajstić information content (AvgIpc) is 2.99. The summed E-state index contributed by atoms with van der Waals surface area (Å²) >= 11 is 0. The molecule has 0 aliphatic heterocycles. The van der Waals surface area contributed by atoms with Crippen molar-refractivity contribution in [3.05, 3.63) is 17.8 Å². The number of amides is 1.